The lowest BCUT2D eigenvalue weighted by molar-refractivity contribution is 0.963. The third kappa shape index (κ3) is 2.73. The second-order valence-electron chi connectivity index (χ2n) is 3.52. The van der Waals surface area contributed by atoms with Crippen LogP contribution in [0.25, 0.3) is 0 Å². The Balaban J connectivity index is 2.12. The van der Waals surface area contributed by atoms with Gasteiger partial charge in [0, 0.05) is 11.9 Å². The van der Waals surface area contributed by atoms with Crippen LogP contribution in [0.5, 0.6) is 0 Å². The molecule has 0 aliphatic rings. The summed E-state index contributed by atoms with van der Waals surface area (Å²) in [5.74, 6) is 0.842. The van der Waals surface area contributed by atoms with Crippen LogP contribution in [0.1, 0.15) is 11.4 Å². The standard InChI is InChI=1S/C12H13N3S/c1-10-5-4-7-12(14-10)15(16)9-11-6-2-3-8-13-11/h2-8,16H,9H2,1H3. The molecule has 16 heavy (non-hydrogen) atoms. The van der Waals surface area contributed by atoms with E-state index in [4.69, 9.17) is 0 Å². The monoisotopic (exact) mass is 231 g/mol. The number of hydrogen-bond donors (Lipinski definition) is 1. The van der Waals surface area contributed by atoms with Gasteiger partial charge in [0.05, 0.1) is 12.2 Å². The van der Waals surface area contributed by atoms with Crippen LogP contribution in [-0.2, 0) is 6.54 Å². The molecule has 0 aromatic carbocycles. The first-order valence-corrected chi connectivity index (χ1v) is 5.46. The molecule has 0 atom stereocenters. The Morgan fingerprint density at radius 2 is 2.06 bits per heavy atom. The third-order valence-corrected chi connectivity index (χ3v) is 2.52. The Bertz CT molecular complexity index is 459. The van der Waals surface area contributed by atoms with Crippen LogP contribution in [0.2, 0.25) is 0 Å². The van der Waals surface area contributed by atoms with E-state index in [1.54, 1.807) is 10.5 Å². The molecule has 2 rings (SSSR count). The molecule has 0 unspecified atom stereocenters. The van der Waals surface area contributed by atoms with Crippen LogP contribution in [0.15, 0.2) is 42.6 Å². The first kappa shape index (κ1) is 11.0. The minimum absolute atomic E-state index is 0.639. The molecule has 82 valence electrons. The summed E-state index contributed by atoms with van der Waals surface area (Å²) in [4.78, 5) is 8.64. The molecular formula is C12H13N3S. The zero-order valence-corrected chi connectivity index (χ0v) is 9.93. The second kappa shape index (κ2) is 4.99. The molecule has 2 aromatic rings. The SMILES string of the molecule is Cc1cccc(N(S)Cc2ccccn2)n1. The molecule has 0 aliphatic carbocycles. The van der Waals surface area contributed by atoms with Gasteiger partial charge in [-0.1, -0.05) is 24.9 Å². The van der Waals surface area contributed by atoms with E-state index in [-0.39, 0.29) is 0 Å². The highest BCUT2D eigenvalue weighted by Crippen LogP contribution is 2.15. The zero-order valence-electron chi connectivity index (χ0n) is 9.04. The lowest BCUT2D eigenvalue weighted by atomic mass is 10.3. The number of hydrogen-bond acceptors (Lipinski definition) is 4. The summed E-state index contributed by atoms with van der Waals surface area (Å²) in [6.45, 7) is 2.60. The van der Waals surface area contributed by atoms with Crippen LogP contribution in [-0.4, -0.2) is 9.97 Å². The number of pyridine rings is 2. The Hall–Kier alpha value is -1.55. The molecule has 2 aromatic heterocycles. The Morgan fingerprint density at radius 1 is 1.19 bits per heavy atom. The van der Waals surface area contributed by atoms with Gasteiger partial charge in [-0.2, -0.15) is 0 Å². The van der Waals surface area contributed by atoms with Crippen molar-refractivity contribution in [2.75, 3.05) is 4.31 Å². The molecule has 4 heteroatoms. The summed E-state index contributed by atoms with van der Waals surface area (Å²) in [6, 6.07) is 11.7. The summed E-state index contributed by atoms with van der Waals surface area (Å²) >= 11 is 4.41. The Morgan fingerprint density at radius 3 is 2.75 bits per heavy atom. The maximum absolute atomic E-state index is 4.41. The summed E-state index contributed by atoms with van der Waals surface area (Å²) in [5.41, 5.74) is 1.96. The number of thiol groups is 1. The second-order valence-corrected chi connectivity index (χ2v) is 4.00. The van der Waals surface area contributed by atoms with Gasteiger partial charge in [0.15, 0.2) is 0 Å². The molecule has 0 spiro atoms. The molecule has 0 aliphatic heterocycles. The van der Waals surface area contributed by atoms with Crippen LogP contribution >= 0.6 is 12.8 Å². The van der Waals surface area contributed by atoms with E-state index in [2.05, 4.69) is 22.8 Å². The summed E-state index contributed by atoms with van der Waals surface area (Å²) in [6.07, 6.45) is 1.78. The fraction of sp³-hybridized carbons (Fsp3) is 0.167. The van der Waals surface area contributed by atoms with Crippen molar-refractivity contribution in [1.29, 1.82) is 0 Å². The van der Waals surface area contributed by atoms with E-state index in [0.717, 1.165) is 17.2 Å². The van der Waals surface area contributed by atoms with Gasteiger partial charge in [-0.25, -0.2) is 4.98 Å². The molecule has 3 nitrogen and oxygen atoms in total. The minimum Gasteiger partial charge on any atom is -0.297 e. The highest BCUT2D eigenvalue weighted by molar-refractivity contribution is 7.81. The average Bonchev–Trinajstić information content (AvgIpc) is 2.30. The van der Waals surface area contributed by atoms with Crippen molar-refractivity contribution < 1.29 is 0 Å². The summed E-state index contributed by atoms with van der Waals surface area (Å²) < 4.78 is 1.79. The van der Waals surface area contributed by atoms with Gasteiger partial charge in [0.2, 0.25) is 0 Å². The van der Waals surface area contributed by atoms with Crippen molar-refractivity contribution in [3.63, 3.8) is 0 Å². The van der Waals surface area contributed by atoms with Crippen molar-refractivity contribution in [2.24, 2.45) is 0 Å². The highest BCUT2D eigenvalue weighted by atomic mass is 32.1. The first-order valence-electron chi connectivity index (χ1n) is 5.06. The molecule has 0 N–H and O–H groups in total. The smallest absolute Gasteiger partial charge is 0.138 e. The van der Waals surface area contributed by atoms with Crippen LogP contribution < -0.4 is 4.31 Å². The quantitative estimate of drug-likeness (QED) is 0.823. The third-order valence-electron chi connectivity index (χ3n) is 2.18. The van der Waals surface area contributed by atoms with Gasteiger partial charge in [-0.3, -0.25) is 9.29 Å². The van der Waals surface area contributed by atoms with Crippen molar-refractivity contribution in [3.8, 4) is 0 Å². The fourth-order valence-corrected chi connectivity index (χ4v) is 1.65. The maximum atomic E-state index is 4.41. The molecule has 0 amide bonds. The average molecular weight is 231 g/mol. The molecular weight excluding hydrogens is 218 g/mol. The van der Waals surface area contributed by atoms with Crippen molar-refractivity contribution >= 4 is 18.6 Å². The summed E-state index contributed by atoms with van der Waals surface area (Å²) in [7, 11) is 0. The minimum atomic E-state index is 0.639. The van der Waals surface area contributed by atoms with Crippen molar-refractivity contribution in [2.45, 2.75) is 13.5 Å². The topological polar surface area (TPSA) is 29.0 Å². The lowest BCUT2D eigenvalue weighted by Crippen LogP contribution is -2.12. The molecule has 0 radical (unpaired) electrons. The Labute approximate surface area is 101 Å². The van der Waals surface area contributed by atoms with Crippen molar-refractivity contribution in [3.05, 3.63) is 54.0 Å². The number of rotatable bonds is 3. The van der Waals surface area contributed by atoms with E-state index >= 15 is 0 Å². The van der Waals surface area contributed by atoms with E-state index in [1.807, 2.05) is 43.3 Å². The molecule has 2 heterocycles. The van der Waals surface area contributed by atoms with E-state index < -0.39 is 0 Å². The molecule has 0 saturated heterocycles. The van der Waals surface area contributed by atoms with Crippen LogP contribution in [0, 0.1) is 6.92 Å². The van der Waals surface area contributed by atoms with E-state index in [9.17, 15) is 0 Å². The number of nitrogens with zero attached hydrogens (tertiary/aromatic N) is 3. The largest absolute Gasteiger partial charge is 0.297 e. The molecule has 0 fully saturated rings. The normalized spacial score (nSPS) is 10.1. The highest BCUT2D eigenvalue weighted by Gasteiger charge is 2.04. The zero-order chi connectivity index (χ0) is 11.4. The van der Waals surface area contributed by atoms with E-state index in [0.29, 0.717) is 6.54 Å². The number of aryl methyl sites for hydroxylation is 1. The van der Waals surface area contributed by atoms with Gasteiger partial charge < -0.3 is 0 Å². The number of aromatic nitrogens is 2. The molecule has 0 bridgehead atoms. The summed E-state index contributed by atoms with van der Waals surface area (Å²) in [5, 5.41) is 0. The maximum Gasteiger partial charge on any atom is 0.138 e. The van der Waals surface area contributed by atoms with Gasteiger partial charge in [-0.15, -0.1) is 0 Å². The predicted octanol–water partition coefficient (Wildman–Crippen LogP) is 2.64. The predicted molar refractivity (Wildman–Crippen MR) is 68.4 cm³/mol. The Kier molecular flexibility index (Phi) is 3.41. The van der Waals surface area contributed by atoms with Crippen molar-refractivity contribution in [1.82, 2.24) is 9.97 Å². The number of anilines is 1. The van der Waals surface area contributed by atoms with Crippen LogP contribution in [0.3, 0.4) is 0 Å². The van der Waals surface area contributed by atoms with Crippen LogP contribution in [0.4, 0.5) is 5.82 Å². The van der Waals surface area contributed by atoms with Gasteiger partial charge in [-0.05, 0) is 31.2 Å². The lowest BCUT2D eigenvalue weighted by Gasteiger charge is -2.16. The fourth-order valence-electron chi connectivity index (χ4n) is 1.40. The molecule has 0 saturated carbocycles. The van der Waals surface area contributed by atoms with E-state index in [1.165, 1.54) is 0 Å². The first-order chi connectivity index (χ1) is 7.75. The van der Waals surface area contributed by atoms with Gasteiger partial charge in [0.1, 0.15) is 5.82 Å². The van der Waals surface area contributed by atoms with Gasteiger partial charge in [0.25, 0.3) is 0 Å². The van der Waals surface area contributed by atoms with Gasteiger partial charge >= 0.3 is 0 Å².